The SMILES string of the molecule is CC(C)Cc1cc(NC(=O)Nc2ccc3c(c2)OCCCO3)ccc1OC(c1ccccc1)c1ccccc1. The Morgan fingerprint density at radius 2 is 1.36 bits per heavy atom. The summed E-state index contributed by atoms with van der Waals surface area (Å²) < 4.78 is 18.1. The van der Waals surface area contributed by atoms with E-state index in [0.29, 0.717) is 42.0 Å². The summed E-state index contributed by atoms with van der Waals surface area (Å²) in [5.41, 5.74) is 4.52. The van der Waals surface area contributed by atoms with Crippen molar-refractivity contribution in [3.63, 3.8) is 0 Å². The number of hydrogen-bond acceptors (Lipinski definition) is 4. The van der Waals surface area contributed by atoms with Gasteiger partial charge in [-0.05, 0) is 59.4 Å². The van der Waals surface area contributed by atoms with Gasteiger partial charge < -0.3 is 24.8 Å². The molecule has 1 aliphatic heterocycles. The molecule has 6 nitrogen and oxygen atoms in total. The normalized spacial score (nSPS) is 12.6. The standard InChI is InChI=1S/C33H34N2O4/c1-23(2)20-26-21-27(34-33(36)35-28-15-17-30-31(22-28)38-19-9-18-37-30)14-16-29(26)39-32(24-10-5-3-6-11-24)25-12-7-4-8-13-25/h3-8,10-17,21-23,32H,9,18-20H2,1-2H3,(H2,34,35,36). The Labute approximate surface area is 229 Å². The van der Waals surface area contributed by atoms with Crippen LogP contribution in [0.25, 0.3) is 0 Å². The van der Waals surface area contributed by atoms with E-state index in [1.54, 1.807) is 6.07 Å². The lowest BCUT2D eigenvalue weighted by Crippen LogP contribution is -2.19. The van der Waals surface area contributed by atoms with Gasteiger partial charge in [0.15, 0.2) is 11.5 Å². The van der Waals surface area contributed by atoms with E-state index in [9.17, 15) is 4.79 Å². The molecule has 2 N–H and O–H groups in total. The lowest BCUT2D eigenvalue weighted by molar-refractivity contribution is 0.244. The van der Waals surface area contributed by atoms with E-state index in [1.807, 2.05) is 66.7 Å². The topological polar surface area (TPSA) is 68.8 Å². The number of hydrogen-bond donors (Lipinski definition) is 2. The summed E-state index contributed by atoms with van der Waals surface area (Å²) in [6.45, 7) is 5.56. The van der Waals surface area contributed by atoms with Crippen molar-refractivity contribution in [2.45, 2.75) is 32.8 Å². The summed E-state index contributed by atoms with van der Waals surface area (Å²) >= 11 is 0. The molecule has 0 fully saturated rings. The molecule has 6 heteroatoms. The summed E-state index contributed by atoms with van der Waals surface area (Å²) in [4.78, 5) is 12.9. The number of nitrogens with one attached hydrogen (secondary N) is 2. The van der Waals surface area contributed by atoms with Crippen molar-refractivity contribution >= 4 is 17.4 Å². The second-order valence-electron chi connectivity index (χ2n) is 10.0. The summed E-state index contributed by atoms with van der Waals surface area (Å²) in [6.07, 6.45) is 1.39. The molecule has 4 aromatic rings. The first-order chi connectivity index (χ1) is 19.0. The van der Waals surface area contributed by atoms with Gasteiger partial charge in [-0.3, -0.25) is 0 Å². The van der Waals surface area contributed by atoms with Crippen molar-refractivity contribution < 1.29 is 19.0 Å². The fraction of sp³-hybridized carbons (Fsp3) is 0.242. The van der Waals surface area contributed by atoms with Crippen LogP contribution in [-0.4, -0.2) is 19.2 Å². The van der Waals surface area contributed by atoms with Gasteiger partial charge in [-0.25, -0.2) is 4.79 Å². The number of carbonyl (C=O) groups excluding carboxylic acids is 1. The molecule has 0 bridgehead atoms. The van der Waals surface area contributed by atoms with E-state index in [0.717, 1.165) is 35.3 Å². The molecule has 2 amide bonds. The minimum Gasteiger partial charge on any atom is -0.490 e. The number of amides is 2. The van der Waals surface area contributed by atoms with Crippen LogP contribution in [0.5, 0.6) is 17.2 Å². The first-order valence-corrected chi connectivity index (χ1v) is 13.4. The molecule has 4 aromatic carbocycles. The highest BCUT2D eigenvalue weighted by Crippen LogP contribution is 2.34. The third-order valence-corrected chi connectivity index (χ3v) is 6.40. The third kappa shape index (κ3) is 6.90. The maximum atomic E-state index is 12.9. The molecule has 0 spiro atoms. The summed E-state index contributed by atoms with van der Waals surface area (Å²) in [7, 11) is 0. The van der Waals surface area contributed by atoms with Crippen LogP contribution in [0.1, 0.15) is 43.1 Å². The van der Waals surface area contributed by atoms with E-state index in [4.69, 9.17) is 14.2 Å². The van der Waals surface area contributed by atoms with Crippen molar-refractivity contribution in [1.82, 2.24) is 0 Å². The minimum absolute atomic E-state index is 0.250. The van der Waals surface area contributed by atoms with E-state index in [1.165, 1.54) is 0 Å². The van der Waals surface area contributed by atoms with Gasteiger partial charge in [0.2, 0.25) is 0 Å². The maximum Gasteiger partial charge on any atom is 0.323 e. The molecule has 0 aromatic heterocycles. The second kappa shape index (κ2) is 12.4. The fourth-order valence-electron chi connectivity index (χ4n) is 4.62. The number of anilines is 2. The molecule has 0 saturated heterocycles. The van der Waals surface area contributed by atoms with E-state index in [2.05, 4.69) is 48.7 Å². The van der Waals surface area contributed by atoms with Gasteiger partial charge in [-0.1, -0.05) is 74.5 Å². The molecule has 1 aliphatic rings. The first kappa shape index (κ1) is 26.2. The third-order valence-electron chi connectivity index (χ3n) is 6.40. The van der Waals surface area contributed by atoms with Gasteiger partial charge in [-0.15, -0.1) is 0 Å². The Kier molecular flexibility index (Phi) is 8.32. The lowest BCUT2D eigenvalue weighted by Gasteiger charge is -2.23. The van der Waals surface area contributed by atoms with Crippen LogP contribution in [0.2, 0.25) is 0 Å². The smallest absolute Gasteiger partial charge is 0.323 e. The van der Waals surface area contributed by atoms with Crippen LogP contribution < -0.4 is 24.8 Å². The Hall–Kier alpha value is -4.45. The maximum absolute atomic E-state index is 12.9. The first-order valence-electron chi connectivity index (χ1n) is 13.4. The molecule has 0 saturated carbocycles. The van der Waals surface area contributed by atoms with Gasteiger partial charge in [-0.2, -0.15) is 0 Å². The number of urea groups is 1. The van der Waals surface area contributed by atoms with Crippen molar-refractivity contribution in [2.75, 3.05) is 23.8 Å². The van der Waals surface area contributed by atoms with Crippen LogP contribution in [0.15, 0.2) is 97.1 Å². The number of ether oxygens (including phenoxy) is 3. The zero-order chi connectivity index (χ0) is 27.0. The molecule has 0 radical (unpaired) electrons. The predicted octanol–water partition coefficient (Wildman–Crippen LogP) is 7.86. The van der Waals surface area contributed by atoms with E-state index >= 15 is 0 Å². The Balaban J connectivity index is 1.35. The highest BCUT2D eigenvalue weighted by atomic mass is 16.5. The van der Waals surface area contributed by atoms with Crippen molar-refractivity contribution in [1.29, 1.82) is 0 Å². The molecular formula is C33H34N2O4. The van der Waals surface area contributed by atoms with Crippen LogP contribution in [0, 0.1) is 5.92 Å². The largest absolute Gasteiger partial charge is 0.490 e. The number of carbonyl (C=O) groups is 1. The number of fused-ring (bicyclic) bond motifs is 1. The summed E-state index contributed by atoms with van der Waals surface area (Å²) in [5.74, 6) is 2.54. The Morgan fingerprint density at radius 1 is 0.769 bits per heavy atom. The minimum atomic E-state index is -0.333. The molecule has 5 rings (SSSR count). The zero-order valence-corrected chi connectivity index (χ0v) is 22.4. The quantitative estimate of drug-likeness (QED) is 0.247. The van der Waals surface area contributed by atoms with Gasteiger partial charge in [0.25, 0.3) is 0 Å². The molecular weight excluding hydrogens is 488 g/mol. The Bertz CT molecular complexity index is 1350. The highest BCUT2D eigenvalue weighted by molar-refractivity contribution is 6.00. The number of rotatable bonds is 8. The van der Waals surface area contributed by atoms with Crippen molar-refractivity contribution in [3.8, 4) is 17.2 Å². The number of benzene rings is 4. The molecule has 0 unspecified atom stereocenters. The van der Waals surface area contributed by atoms with Gasteiger partial charge >= 0.3 is 6.03 Å². The van der Waals surface area contributed by atoms with Gasteiger partial charge in [0, 0.05) is 23.9 Å². The van der Waals surface area contributed by atoms with Gasteiger partial charge in [0.1, 0.15) is 11.9 Å². The summed E-state index contributed by atoms with van der Waals surface area (Å²) in [5, 5.41) is 5.86. The Morgan fingerprint density at radius 3 is 2.00 bits per heavy atom. The van der Waals surface area contributed by atoms with Crippen molar-refractivity contribution in [2.24, 2.45) is 5.92 Å². The predicted molar refractivity (Wildman–Crippen MR) is 155 cm³/mol. The zero-order valence-electron chi connectivity index (χ0n) is 22.4. The van der Waals surface area contributed by atoms with Crippen LogP contribution >= 0.6 is 0 Å². The molecule has 1 heterocycles. The fourth-order valence-corrected chi connectivity index (χ4v) is 4.62. The van der Waals surface area contributed by atoms with Crippen LogP contribution in [-0.2, 0) is 6.42 Å². The van der Waals surface area contributed by atoms with E-state index < -0.39 is 0 Å². The monoisotopic (exact) mass is 522 g/mol. The molecule has 0 atom stereocenters. The lowest BCUT2D eigenvalue weighted by atomic mass is 9.99. The average Bonchev–Trinajstić information content (AvgIpc) is 3.18. The van der Waals surface area contributed by atoms with Crippen LogP contribution in [0.3, 0.4) is 0 Å². The molecule has 39 heavy (non-hydrogen) atoms. The van der Waals surface area contributed by atoms with Crippen molar-refractivity contribution in [3.05, 3.63) is 114 Å². The molecule has 200 valence electrons. The second-order valence-corrected chi connectivity index (χ2v) is 10.0. The molecule has 0 aliphatic carbocycles. The highest BCUT2D eigenvalue weighted by Gasteiger charge is 2.19. The van der Waals surface area contributed by atoms with Gasteiger partial charge in [0.05, 0.1) is 13.2 Å². The van der Waals surface area contributed by atoms with E-state index in [-0.39, 0.29) is 12.1 Å². The summed E-state index contributed by atoms with van der Waals surface area (Å²) in [6, 6.07) is 31.3. The van der Waals surface area contributed by atoms with Crippen LogP contribution in [0.4, 0.5) is 16.2 Å². The average molecular weight is 523 g/mol.